The van der Waals surface area contributed by atoms with Gasteiger partial charge in [0, 0.05) is 36.5 Å². The smallest absolute Gasteiger partial charge is 0.300 e. The summed E-state index contributed by atoms with van der Waals surface area (Å²) in [4.78, 5) is 29.1. The topological polar surface area (TPSA) is 85.6 Å². The van der Waals surface area contributed by atoms with Crippen molar-refractivity contribution in [2.45, 2.75) is 10.9 Å². The van der Waals surface area contributed by atoms with Gasteiger partial charge in [-0.15, -0.1) is 16.4 Å². The standard InChI is InChI=1S/C15H15N5O2S2/c1-19-10(8-13(21)20(2)15(19)22)9-24-14-16-12(17-18-14)6-5-11-4-3-7-23-11/h3-8H,9H2,1-2H3,(H,16,17,18)/b6-5+. The molecule has 0 spiro atoms. The Hall–Kier alpha value is -2.39. The second kappa shape index (κ2) is 7.02. The Bertz CT molecular complexity index is 982. The van der Waals surface area contributed by atoms with Gasteiger partial charge in [0.25, 0.3) is 5.56 Å². The largest absolute Gasteiger partial charge is 0.330 e. The molecule has 0 fully saturated rings. The summed E-state index contributed by atoms with van der Waals surface area (Å²) in [6.45, 7) is 0. The predicted octanol–water partition coefficient (Wildman–Crippen LogP) is 1.73. The Labute approximate surface area is 145 Å². The SMILES string of the molecule is Cn1c(CSc2n[nH]c(/C=C/c3cccs3)n2)cc(=O)n(C)c1=O. The predicted molar refractivity (Wildman–Crippen MR) is 96.1 cm³/mol. The fourth-order valence-corrected chi connectivity index (χ4v) is 3.44. The van der Waals surface area contributed by atoms with Crippen LogP contribution in [-0.2, 0) is 19.8 Å². The van der Waals surface area contributed by atoms with E-state index in [-0.39, 0.29) is 11.2 Å². The molecular formula is C15H15N5O2S2. The van der Waals surface area contributed by atoms with E-state index in [9.17, 15) is 9.59 Å². The maximum Gasteiger partial charge on any atom is 0.330 e. The normalized spacial score (nSPS) is 11.4. The molecule has 3 aromatic heterocycles. The highest BCUT2D eigenvalue weighted by Gasteiger charge is 2.08. The number of aromatic amines is 1. The molecule has 3 aromatic rings. The van der Waals surface area contributed by atoms with Gasteiger partial charge in [0.1, 0.15) is 5.82 Å². The van der Waals surface area contributed by atoms with Crippen LogP contribution in [-0.4, -0.2) is 24.3 Å². The summed E-state index contributed by atoms with van der Waals surface area (Å²) >= 11 is 3.01. The van der Waals surface area contributed by atoms with Crippen LogP contribution in [0.15, 0.2) is 38.3 Å². The first kappa shape index (κ1) is 16.5. The molecule has 0 atom stereocenters. The molecule has 3 heterocycles. The Morgan fingerprint density at radius 2 is 2.12 bits per heavy atom. The highest BCUT2D eigenvalue weighted by atomic mass is 32.2. The van der Waals surface area contributed by atoms with Gasteiger partial charge in [-0.2, -0.15) is 0 Å². The van der Waals surface area contributed by atoms with Crippen molar-refractivity contribution in [2.24, 2.45) is 14.1 Å². The zero-order chi connectivity index (χ0) is 17.1. The molecule has 3 rings (SSSR count). The summed E-state index contributed by atoms with van der Waals surface area (Å²) in [7, 11) is 3.11. The van der Waals surface area contributed by atoms with Gasteiger partial charge in [-0.25, -0.2) is 9.78 Å². The second-order valence-electron chi connectivity index (χ2n) is 5.02. The number of hydrogen-bond donors (Lipinski definition) is 1. The van der Waals surface area contributed by atoms with Crippen molar-refractivity contribution in [2.75, 3.05) is 0 Å². The summed E-state index contributed by atoms with van der Waals surface area (Å²) in [6, 6.07) is 5.46. The monoisotopic (exact) mass is 361 g/mol. The van der Waals surface area contributed by atoms with E-state index in [4.69, 9.17) is 0 Å². The Morgan fingerprint density at radius 3 is 2.88 bits per heavy atom. The molecular weight excluding hydrogens is 346 g/mol. The summed E-state index contributed by atoms with van der Waals surface area (Å²) in [5.41, 5.74) is -0.0236. The van der Waals surface area contributed by atoms with E-state index in [1.165, 1.54) is 29.4 Å². The van der Waals surface area contributed by atoms with Crippen molar-refractivity contribution in [3.63, 3.8) is 0 Å². The highest BCUT2D eigenvalue weighted by molar-refractivity contribution is 7.98. The molecule has 0 bridgehead atoms. The van der Waals surface area contributed by atoms with Crippen molar-refractivity contribution < 1.29 is 0 Å². The lowest BCUT2D eigenvalue weighted by Gasteiger charge is -2.07. The number of nitrogens with zero attached hydrogens (tertiary/aromatic N) is 4. The number of aromatic nitrogens is 5. The molecule has 0 unspecified atom stereocenters. The van der Waals surface area contributed by atoms with Crippen LogP contribution in [0.25, 0.3) is 12.2 Å². The lowest BCUT2D eigenvalue weighted by molar-refractivity contribution is 0.665. The number of thioether (sulfide) groups is 1. The van der Waals surface area contributed by atoms with E-state index in [2.05, 4.69) is 15.2 Å². The van der Waals surface area contributed by atoms with E-state index >= 15 is 0 Å². The van der Waals surface area contributed by atoms with Gasteiger partial charge >= 0.3 is 5.69 Å². The molecule has 0 aliphatic rings. The molecule has 1 N–H and O–H groups in total. The van der Waals surface area contributed by atoms with Gasteiger partial charge in [0.2, 0.25) is 5.16 Å². The van der Waals surface area contributed by atoms with Gasteiger partial charge < -0.3 is 0 Å². The van der Waals surface area contributed by atoms with E-state index < -0.39 is 0 Å². The Kier molecular flexibility index (Phi) is 4.81. The van der Waals surface area contributed by atoms with E-state index in [1.807, 2.05) is 29.7 Å². The van der Waals surface area contributed by atoms with Gasteiger partial charge in [0.05, 0.1) is 0 Å². The maximum absolute atomic E-state index is 11.9. The molecule has 0 amide bonds. The van der Waals surface area contributed by atoms with Crippen LogP contribution in [0.4, 0.5) is 0 Å². The van der Waals surface area contributed by atoms with E-state index in [1.54, 1.807) is 18.4 Å². The maximum atomic E-state index is 11.9. The molecule has 0 aliphatic heterocycles. The quantitative estimate of drug-likeness (QED) is 0.700. The Balaban J connectivity index is 1.70. The molecule has 0 saturated heterocycles. The lowest BCUT2D eigenvalue weighted by atomic mass is 10.4. The fourth-order valence-electron chi connectivity index (χ4n) is 2.00. The van der Waals surface area contributed by atoms with E-state index in [0.717, 1.165) is 9.44 Å². The third-order valence-electron chi connectivity index (χ3n) is 3.41. The first-order valence-electron chi connectivity index (χ1n) is 7.07. The second-order valence-corrected chi connectivity index (χ2v) is 6.94. The number of hydrogen-bond acceptors (Lipinski definition) is 6. The van der Waals surface area contributed by atoms with Crippen LogP contribution in [0.3, 0.4) is 0 Å². The third kappa shape index (κ3) is 3.57. The molecule has 0 aliphatic carbocycles. The van der Waals surface area contributed by atoms with Crippen LogP contribution in [0, 0.1) is 0 Å². The molecule has 9 heteroatoms. The van der Waals surface area contributed by atoms with Crippen molar-refractivity contribution in [3.8, 4) is 0 Å². The first-order chi connectivity index (χ1) is 11.5. The van der Waals surface area contributed by atoms with Crippen LogP contribution in [0.5, 0.6) is 0 Å². The molecule has 0 saturated carbocycles. The lowest BCUT2D eigenvalue weighted by Crippen LogP contribution is -2.37. The first-order valence-corrected chi connectivity index (χ1v) is 8.94. The molecule has 24 heavy (non-hydrogen) atoms. The van der Waals surface area contributed by atoms with Gasteiger partial charge in [-0.1, -0.05) is 17.8 Å². The van der Waals surface area contributed by atoms with Crippen molar-refractivity contribution in [1.29, 1.82) is 0 Å². The minimum absolute atomic E-state index is 0.316. The summed E-state index contributed by atoms with van der Waals surface area (Å²) < 4.78 is 2.53. The summed E-state index contributed by atoms with van der Waals surface area (Å²) in [6.07, 6.45) is 3.82. The van der Waals surface area contributed by atoms with E-state index in [0.29, 0.717) is 22.4 Å². The average Bonchev–Trinajstić information content (AvgIpc) is 3.24. The molecule has 7 nitrogen and oxygen atoms in total. The van der Waals surface area contributed by atoms with Crippen molar-refractivity contribution in [1.82, 2.24) is 24.3 Å². The summed E-state index contributed by atoms with van der Waals surface area (Å²) in [5.74, 6) is 1.09. The molecule has 0 radical (unpaired) electrons. The van der Waals surface area contributed by atoms with Crippen LogP contribution in [0.2, 0.25) is 0 Å². The highest BCUT2D eigenvalue weighted by Crippen LogP contribution is 2.18. The average molecular weight is 361 g/mol. The molecule has 0 aromatic carbocycles. The van der Waals surface area contributed by atoms with Gasteiger partial charge in [-0.05, 0) is 23.6 Å². The number of H-pyrrole nitrogens is 1. The zero-order valence-corrected chi connectivity index (χ0v) is 14.7. The fraction of sp³-hybridized carbons (Fsp3) is 0.200. The number of nitrogens with one attached hydrogen (secondary N) is 1. The van der Waals surface area contributed by atoms with Gasteiger partial charge in [0.15, 0.2) is 0 Å². The van der Waals surface area contributed by atoms with Crippen molar-refractivity contribution in [3.05, 3.63) is 60.8 Å². The van der Waals surface area contributed by atoms with Crippen LogP contribution >= 0.6 is 23.1 Å². The number of rotatable bonds is 5. The zero-order valence-electron chi connectivity index (χ0n) is 13.1. The summed E-state index contributed by atoms with van der Waals surface area (Å²) in [5, 5.41) is 9.56. The van der Waals surface area contributed by atoms with Crippen molar-refractivity contribution >= 4 is 35.3 Å². The minimum atomic E-state index is -0.340. The number of thiophene rings is 1. The van der Waals surface area contributed by atoms with Crippen LogP contribution < -0.4 is 11.2 Å². The molecule has 124 valence electrons. The third-order valence-corrected chi connectivity index (χ3v) is 5.12. The Morgan fingerprint density at radius 1 is 1.29 bits per heavy atom. The van der Waals surface area contributed by atoms with Crippen LogP contribution in [0.1, 0.15) is 16.4 Å². The minimum Gasteiger partial charge on any atom is -0.300 e. The van der Waals surface area contributed by atoms with Gasteiger partial charge in [-0.3, -0.25) is 19.0 Å².